The number of nitrogens with zero attached hydrogens (tertiary/aromatic N) is 2. The molecule has 16 heavy (non-hydrogen) atoms. The summed E-state index contributed by atoms with van der Waals surface area (Å²) in [6, 6.07) is 2.77. The lowest BCUT2D eigenvalue weighted by Gasteiger charge is -2.35. The van der Waals surface area contributed by atoms with Crippen LogP contribution in [0.25, 0.3) is 0 Å². The first-order chi connectivity index (χ1) is 7.81. The second-order valence-electron chi connectivity index (χ2n) is 4.54. The van der Waals surface area contributed by atoms with Crippen molar-refractivity contribution < 1.29 is 0 Å². The third kappa shape index (κ3) is 2.60. The summed E-state index contributed by atoms with van der Waals surface area (Å²) in [6.07, 6.45) is 5.09. The van der Waals surface area contributed by atoms with Crippen LogP contribution in [-0.2, 0) is 6.54 Å². The molecule has 0 bridgehead atoms. The summed E-state index contributed by atoms with van der Waals surface area (Å²) in [5.74, 6) is 0. The normalized spacial score (nSPS) is 22.2. The van der Waals surface area contributed by atoms with Crippen molar-refractivity contribution in [1.29, 1.82) is 0 Å². The molecule has 1 aliphatic rings. The van der Waals surface area contributed by atoms with Crippen molar-refractivity contribution in [3.63, 3.8) is 0 Å². The molecule has 0 radical (unpaired) electrons. The first kappa shape index (κ1) is 11.6. The van der Waals surface area contributed by atoms with Gasteiger partial charge in [-0.25, -0.2) is 0 Å². The second kappa shape index (κ2) is 5.41. The molecule has 0 spiro atoms. The number of nitrogens with one attached hydrogen (secondary N) is 1. The molecular weight excluding hydrogens is 198 g/mol. The van der Waals surface area contributed by atoms with E-state index in [0.717, 1.165) is 26.2 Å². The lowest BCUT2D eigenvalue weighted by molar-refractivity contribution is 0.148. The highest BCUT2D eigenvalue weighted by Crippen LogP contribution is 2.14. The van der Waals surface area contributed by atoms with Gasteiger partial charge < -0.3 is 5.32 Å². The molecule has 1 unspecified atom stereocenters. The molecule has 0 aromatic carbocycles. The van der Waals surface area contributed by atoms with Gasteiger partial charge in [-0.2, -0.15) is 0 Å². The average molecular weight is 219 g/mol. The Kier molecular flexibility index (Phi) is 3.91. The van der Waals surface area contributed by atoms with E-state index in [1.54, 1.807) is 0 Å². The Morgan fingerprint density at radius 3 is 3.19 bits per heavy atom. The van der Waals surface area contributed by atoms with Crippen LogP contribution in [0.1, 0.15) is 24.5 Å². The van der Waals surface area contributed by atoms with E-state index < -0.39 is 0 Å². The van der Waals surface area contributed by atoms with Crippen molar-refractivity contribution in [2.75, 3.05) is 19.6 Å². The number of rotatable bonds is 3. The fourth-order valence-electron chi connectivity index (χ4n) is 2.29. The zero-order chi connectivity index (χ0) is 11.4. The van der Waals surface area contributed by atoms with E-state index in [-0.39, 0.29) is 0 Å². The molecule has 1 aromatic heterocycles. The molecule has 88 valence electrons. The highest BCUT2D eigenvalue weighted by Gasteiger charge is 2.20. The minimum Gasteiger partial charge on any atom is -0.314 e. The van der Waals surface area contributed by atoms with E-state index >= 15 is 0 Å². The molecule has 2 heterocycles. The van der Waals surface area contributed by atoms with Gasteiger partial charge in [0.25, 0.3) is 0 Å². The molecule has 0 aliphatic carbocycles. The quantitative estimate of drug-likeness (QED) is 0.836. The van der Waals surface area contributed by atoms with Crippen molar-refractivity contribution in [2.45, 2.75) is 32.9 Å². The molecular formula is C13H21N3. The molecule has 1 N–H and O–H groups in total. The Morgan fingerprint density at radius 1 is 1.56 bits per heavy atom. The lowest BCUT2D eigenvalue weighted by Crippen LogP contribution is -2.50. The number of hydrogen-bond donors (Lipinski definition) is 1. The van der Waals surface area contributed by atoms with E-state index in [1.165, 1.54) is 17.5 Å². The summed E-state index contributed by atoms with van der Waals surface area (Å²) in [5, 5.41) is 3.46. The van der Waals surface area contributed by atoms with Crippen LogP contribution in [0.5, 0.6) is 0 Å². The fraction of sp³-hybridized carbons (Fsp3) is 0.615. The monoisotopic (exact) mass is 219 g/mol. The van der Waals surface area contributed by atoms with Gasteiger partial charge in [0.05, 0.1) is 0 Å². The first-order valence-electron chi connectivity index (χ1n) is 6.15. The molecule has 3 heteroatoms. The van der Waals surface area contributed by atoms with Crippen LogP contribution in [0.3, 0.4) is 0 Å². The largest absolute Gasteiger partial charge is 0.314 e. The van der Waals surface area contributed by atoms with Gasteiger partial charge in [-0.05, 0) is 30.5 Å². The van der Waals surface area contributed by atoms with Crippen molar-refractivity contribution in [1.82, 2.24) is 15.2 Å². The number of pyridine rings is 1. The smallest absolute Gasteiger partial charge is 0.0315 e. The van der Waals surface area contributed by atoms with Crippen LogP contribution in [0.2, 0.25) is 0 Å². The minimum absolute atomic E-state index is 0.674. The maximum absolute atomic E-state index is 4.22. The molecule has 1 atom stereocenters. The number of piperazine rings is 1. The van der Waals surface area contributed by atoms with Crippen molar-refractivity contribution in [3.05, 3.63) is 29.6 Å². The van der Waals surface area contributed by atoms with Gasteiger partial charge in [-0.15, -0.1) is 0 Å². The fourth-order valence-corrected chi connectivity index (χ4v) is 2.29. The van der Waals surface area contributed by atoms with Gasteiger partial charge in [0, 0.05) is 44.6 Å². The van der Waals surface area contributed by atoms with Crippen molar-refractivity contribution in [2.24, 2.45) is 0 Å². The van der Waals surface area contributed by atoms with Gasteiger partial charge in [0.15, 0.2) is 0 Å². The number of aryl methyl sites for hydroxylation is 1. The topological polar surface area (TPSA) is 28.2 Å². The summed E-state index contributed by atoms with van der Waals surface area (Å²) in [4.78, 5) is 6.79. The summed E-state index contributed by atoms with van der Waals surface area (Å²) in [7, 11) is 0. The van der Waals surface area contributed by atoms with Crippen LogP contribution in [0, 0.1) is 6.92 Å². The lowest BCUT2D eigenvalue weighted by atomic mass is 10.1. The zero-order valence-corrected chi connectivity index (χ0v) is 10.2. The molecule has 2 rings (SSSR count). The molecule has 1 aromatic rings. The standard InChI is InChI=1S/C13H21N3/c1-3-13-9-15-6-7-16(13)10-12-8-14-5-4-11(12)2/h4-5,8,13,15H,3,6-7,9-10H2,1-2H3. The predicted molar refractivity (Wildman–Crippen MR) is 66.3 cm³/mol. The second-order valence-corrected chi connectivity index (χ2v) is 4.54. The Hall–Kier alpha value is -0.930. The summed E-state index contributed by atoms with van der Waals surface area (Å²) in [6.45, 7) is 8.85. The maximum atomic E-state index is 4.22. The molecule has 3 nitrogen and oxygen atoms in total. The highest BCUT2D eigenvalue weighted by molar-refractivity contribution is 5.21. The van der Waals surface area contributed by atoms with E-state index in [2.05, 4.69) is 35.1 Å². The third-order valence-electron chi connectivity index (χ3n) is 3.46. The number of hydrogen-bond acceptors (Lipinski definition) is 3. The Balaban J connectivity index is 2.05. The maximum Gasteiger partial charge on any atom is 0.0315 e. The summed E-state index contributed by atoms with van der Waals surface area (Å²) in [5.41, 5.74) is 2.71. The Morgan fingerprint density at radius 2 is 2.44 bits per heavy atom. The third-order valence-corrected chi connectivity index (χ3v) is 3.46. The van der Waals surface area contributed by atoms with Crippen LogP contribution >= 0.6 is 0 Å². The SMILES string of the molecule is CCC1CNCCN1Cc1cnccc1C. The summed E-state index contributed by atoms with van der Waals surface area (Å²) >= 11 is 0. The first-order valence-corrected chi connectivity index (χ1v) is 6.15. The van der Waals surface area contributed by atoms with Gasteiger partial charge >= 0.3 is 0 Å². The minimum atomic E-state index is 0.674. The Bertz CT molecular complexity index is 338. The average Bonchev–Trinajstić information content (AvgIpc) is 2.33. The van der Waals surface area contributed by atoms with E-state index in [9.17, 15) is 0 Å². The summed E-state index contributed by atoms with van der Waals surface area (Å²) < 4.78 is 0. The molecule has 1 aliphatic heterocycles. The number of aromatic nitrogens is 1. The highest BCUT2D eigenvalue weighted by atomic mass is 15.2. The zero-order valence-electron chi connectivity index (χ0n) is 10.2. The van der Waals surface area contributed by atoms with Crippen LogP contribution in [0.15, 0.2) is 18.5 Å². The molecule has 1 fully saturated rings. The van der Waals surface area contributed by atoms with Crippen molar-refractivity contribution >= 4 is 0 Å². The molecule has 0 saturated carbocycles. The van der Waals surface area contributed by atoms with E-state index in [1.807, 2.05) is 12.4 Å². The predicted octanol–water partition coefficient (Wildman–Crippen LogP) is 1.57. The van der Waals surface area contributed by atoms with Gasteiger partial charge in [0.1, 0.15) is 0 Å². The molecule has 1 saturated heterocycles. The van der Waals surface area contributed by atoms with Gasteiger partial charge in [0.2, 0.25) is 0 Å². The Labute approximate surface area is 97.9 Å². The van der Waals surface area contributed by atoms with E-state index in [0.29, 0.717) is 6.04 Å². The van der Waals surface area contributed by atoms with Crippen LogP contribution in [-0.4, -0.2) is 35.6 Å². The van der Waals surface area contributed by atoms with Crippen LogP contribution in [0.4, 0.5) is 0 Å². The van der Waals surface area contributed by atoms with Crippen LogP contribution < -0.4 is 5.32 Å². The molecule has 0 amide bonds. The van der Waals surface area contributed by atoms with Crippen molar-refractivity contribution in [3.8, 4) is 0 Å². The van der Waals surface area contributed by atoms with E-state index in [4.69, 9.17) is 0 Å². The van der Waals surface area contributed by atoms with Gasteiger partial charge in [-0.1, -0.05) is 6.92 Å². The van der Waals surface area contributed by atoms with Gasteiger partial charge in [-0.3, -0.25) is 9.88 Å².